The van der Waals surface area contributed by atoms with Gasteiger partial charge in [0, 0.05) is 25.9 Å². The minimum atomic E-state index is -0.731. The number of hydrogen-bond acceptors (Lipinski definition) is 2. The maximum absolute atomic E-state index is 11.3. The highest BCUT2D eigenvalue weighted by molar-refractivity contribution is 5.75. The van der Waals surface area contributed by atoms with Crippen LogP contribution in [0.25, 0.3) is 0 Å². The monoisotopic (exact) mass is 199 g/mol. The van der Waals surface area contributed by atoms with Crippen LogP contribution in [-0.4, -0.2) is 35.0 Å². The molecule has 0 aromatic carbocycles. The van der Waals surface area contributed by atoms with Crippen molar-refractivity contribution >= 4 is 11.9 Å². The fraction of sp³-hybridized carbons (Fsp3) is 0.800. The Balaban J connectivity index is 2.31. The number of amides is 1. The summed E-state index contributed by atoms with van der Waals surface area (Å²) in [6, 6.07) is 0. The third-order valence-corrected chi connectivity index (χ3v) is 2.73. The first-order valence-electron chi connectivity index (χ1n) is 5.13. The van der Waals surface area contributed by atoms with E-state index >= 15 is 0 Å². The van der Waals surface area contributed by atoms with E-state index in [2.05, 4.69) is 0 Å². The molecular formula is C10H17NO3. The zero-order valence-electron chi connectivity index (χ0n) is 8.53. The van der Waals surface area contributed by atoms with Crippen molar-refractivity contribution in [1.82, 2.24) is 4.90 Å². The molecule has 1 aliphatic heterocycles. The summed E-state index contributed by atoms with van der Waals surface area (Å²) < 4.78 is 0. The second kappa shape index (κ2) is 4.98. The molecule has 0 spiro atoms. The average molecular weight is 199 g/mol. The Morgan fingerprint density at radius 1 is 1.36 bits per heavy atom. The summed E-state index contributed by atoms with van der Waals surface area (Å²) in [5, 5.41) is 8.61. The molecule has 0 aromatic heterocycles. The zero-order chi connectivity index (χ0) is 10.6. The Kier molecular flexibility index (Phi) is 3.92. The molecule has 4 heteroatoms. The quantitative estimate of drug-likeness (QED) is 0.740. The number of likely N-dealkylation sites (tertiary alicyclic amines) is 1. The predicted octanol–water partition coefficient (Wildman–Crippen LogP) is 1.11. The van der Waals surface area contributed by atoms with Gasteiger partial charge in [0.05, 0.1) is 0 Å². The Morgan fingerprint density at radius 3 is 2.36 bits per heavy atom. The lowest BCUT2D eigenvalue weighted by molar-refractivity contribution is -0.138. The van der Waals surface area contributed by atoms with Gasteiger partial charge >= 0.3 is 5.97 Å². The number of piperidine rings is 1. The van der Waals surface area contributed by atoms with E-state index in [-0.39, 0.29) is 18.2 Å². The summed E-state index contributed by atoms with van der Waals surface area (Å²) in [6.45, 7) is 3.31. The van der Waals surface area contributed by atoms with Gasteiger partial charge in [-0.2, -0.15) is 0 Å². The number of nitrogens with zero attached hydrogens (tertiary/aromatic N) is 1. The fourth-order valence-electron chi connectivity index (χ4n) is 1.86. The van der Waals surface area contributed by atoms with E-state index in [4.69, 9.17) is 5.11 Å². The Labute approximate surface area is 83.9 Å². The molecule has 0 radical (unpaired) electrons. The molecule has 1 amide bonds. The van der Waals surface area contributed by atoms with Gasteiger partial charge in [0.25, 0.3) is 0 Å². The normalized spacial score (nSPS) is 18.2. The minimum Gasteiger partial charge on any atom is -0.481 e. The summed E-state index contributed by atoms with van der Waals surface area (Å²) >= 11 is 0. The fourth-order valence-corrected chi connectivity index (χ4v) is 1.86. The van der Waals surface area contributed by atoms with E-state index < -0.39 is 5.97 Å². The number of aliphatic carboxylic acids is 1. The molecule has 0 aliphatic carbocycles. The van der Waals surface area contributed by atoms with Gasteiger partial charge in [-0.05, 0) is 18.8 Å². The van der Waals surface area contributed by atoms with Crippen molar-refractivity contribution in [2.75, 3.05) is 13.1 Å². The molecule has 80 valence electrons. The summed E-state index contributed by atoms with van der Waals surface area (Å²) in [6.07, 6.45) is 2.45. The molecule has 1 aliphatic rings. The molecule has 1 N–H and O–H groups in total. The van der Waals surface area contributed by atoms with E-state index in [1.54, 1.807) is 0 Å². The van der Waals surface area contributed by atoms with Crippen molar-refractivity contribution in [2.45, 2.75) is 32.6 Å². The van der Waals surface area contributed by atoms with Crippen LogP contribution in [-0.2, 0) is 9.59 Å². The van der Waals surface area contributed by atoms with Crippen molar-refractivity contribution in [3.05, 3.63) is 0 Å². The van der Waals surface area contributed by atoms with E-state index in [0.29, 0.717) is 6.42 Å². The first-order chi connectivity index (χ1) is 6.63. The second-order valence-electron chi connectivity index (χ2n) is 3.78. The zero-order valence-corrected chi connectivity index (χ0v) is 8.53. The second-order valence-corrected chi connectivity index (χ2v) is 3.78. The summed E-state index contributed by atoms with van der Waals surface area (Å²) in [5.74, 6) is -0.294. The summed E-state index contributed by atoms with van der Waals surface area (Å²) in [5.41, 5.74) is 0. The molecule has 1 heterocycles. The smallest absolute Gasteiger partial charge is 0.303 e. The van der Waals surface area contributed by atoms with Gasteiger partial charge < -0.3 is 10.0 Å². The van der Waals surface area contributed by atoms with Crippen molar-refractivity contribution < 1.29 is 14.7 Å². The van der Waals surface area contributed by atoms with Crippen LogP contribution in [0.15, 0.2) is 0 Å². The lowest BCUT2D eigenvalue weighted by Crippen LogP contribution is -2.38. The lowest BCUT2D eigenvalue weighted by atomic mass is 9.93. The number of hydrogen-bond donors (Lipinski definition) is 1. The maximum atomic E-state index is 11.3. The van der Waals surface area contributed by atoms with E-state index in [9.17, 15) is 9.59 Å². The lowest BCUT2D eigenvalue weighted by Gasteiger charge is -2.31. The van der Waals surface area contributed by atoms with Gasteiger partial charge in [0.2, 0.25) is 5.91 Å². The van der Waals surface area contributed by atoms with E-state index in [1.165, 1.54) is 0 Å². The molecule has 1 fully saturated rings. The van der Waals surface area contributed by atoms with Crippen LogP contribution in [0.1, 0.15) is 32.6 Å². The number of carbonyl (C=O) groups excluding carboxylic acids is 1. The largest absolute Gasteiger partial charge is 0.481 e. The van der Waals surface area contributed by atoms with Gasteiger partial charge in [0.15, 0.2) is 0 Å². The number of carboxylic acid groups (broad SMARTS) is 1. The molecule has 14 heavy (non-hydrogen) atoms. The molecule has 1 saturated heterocycles. The molecule has 4 nitrogen and oxygen atoms in total. The first-order valence-corrected chi connectivity index (χ1v) is 5.13. The van der Waals surface area contributed by atoms with E-state index in [1.807, 2.05) is 11.8 Å². The van der Waals surface area contributed by atoms with Gasteiger partial charge in [-0.1, -0.05) is 6.92 Å². The van der Waals surface area contributed by atoms with Crippen molar-refractivity contribution in [3.63, 3.8) is 0 Å². The summed E-state index contributed by atoms with van der Waals surface area (Å²) in [4.78, 5) is 23.6. The minimum absolute atomic E-state index is 0.179. The maximum Gasteiger partial charge on any atom is 0.303 e. The average Bonchev–Trinajstić information content (AvgIpc) is 2.17. The highest BCUT2D eigenvalue weighted by Crippen LogP contribution is 2.20. The molecule has 0 bridgehead atoms. The van der Waals surface area contributed by atoms with Crippen molar-refractivity contribution in [2.24, 2.45) is 5.92 Å². The Bertz CT molecular complexity index is 219. The van der Waals surface area contributed by atoms with Gasteiger partial charge in [-0.25, -0.2) is 0 Å². The highest BCUT2D eigenvalue weighted by Gasteiger charge is 2.23. The molecule has 1 rings (SSSR count). The van der Waals surface area contributed by atoms with Crippen LogP contribution in [0.3, 0.4) is 0 Å². The molecule has 0 unspecified atom stereocenters. The highest BCUT2D eigenvalue weighted by atomic mass is 16.4. The van der Waals surface area contributed by atoms with Crippen LogP contribution < -0.4 is 0 Å². The Morgan fingerprint density at radius 2 is 1.93 bits per heavy atom. The van der Waals surface area contributed by atoms with E-state index in [0.717, 1.165) is 25.9 Å². The van der Waals surface area contributed by atoms with Gasteiger partial charge in [0.1, 0.15) is 0 Å². The Hall–Kier alpha value is -1.06. The van der Waals surface area contributed by atoms with Crippen LogP contribution in [0.2, 0.25) is 0 Å². The standard InChI is InChI=1S/C10H17NO3/c1-2-9(12)11-5-3-8(4-6-11)7-10(13)14/h8H,2-7H2,1H3,(H,13,14). The molecule has 0 aromatic rings. The van der Waals surface area contributed by atoms with Crippen LogP contribution in [0.4, 0.5) is 0 Å². The van der Waals surface area contributed by atoms with Crippen LogP contribution in [0.5, 0.6) is 0 Å². The topological polar surface area (TPSA) is 57.6 Å². The number of rotatable bonds is 3. The van der Waals surface area contributed by atoms with Crippen molar-refractivity contribution in [3.8, 4) is 0 Å². The molecular weight excluding hydrogens is 182 g/mol. The first kappa shape index (κ1) is 11.0. The third-order valence-electron chi connectivity index (χ3n) is 2.73. The number of carbonyl (C=O) groups is 2. The van der Waals surface area contributed by atoms with Gasteiger partial charge in [-0.15, -0.1) is 0 Å². The molecule has 0 saturated carbocycles. The predicted molar refractivity (Wildman–Crippen MR) is 51.8 cm³/mol. The molecule has 0 atom stereocenters. The SMILES string of the molecule is CCC(=O)N1CCC(CC(=O)O)CC1. The number of carboxylic acids is 1. The van der Waals surface area contributed by atoms with Crippen molar-refractivity contribution in [1.29, 1.82) is 0 Å². The summed E-state index contributed by atoms with van der Waals surface area (Å²) in [7, 11) is 0. The third kappa shape index (κ3) is 3.01. The van der Waals surface area contributed by atoms with Crippen LogP contribution >= 0.6 is 0 Å². The van der Waals surface area contributed by atoms with Crippen LogP contribution in [0, 0.1) is 5.92 Å². The van der Waals surface area contributed by atoms with Gasteiger partial charge in [-0.3, -0.25) is 9.59 Å².